The third-order valence-corrected chi connectivity index (χ3v) is 4.81. The van der Waals surface area contributed by atoms with Crippen LogP contribution in [0.1, 0.15) is 50.8 Å². The van der Waals surface area contributed by atoms with Crippen molar-refractivity contribution in [1.82, 2.24) is 5.32 Å². The van der Waals surface area contributed by atoms with E-state index >= 15 is 0 Å². The minimum atomic E-state index is -0.501. The van der Waals surface area contributed by atoms with Crippen molar-refractivity contribution in [3.63, 3.8) is 0 Å². The maximum Gasteiger partial charge on any atom is 0.227 e. The van der Waals surface area contributed by atoms with Crippen LogP contribution in [0.5, 0.6) is 11.5 Å². The van der Waals surface area contributed by atoms with Gasteiger partial charge in [-0.05, 0) is 49.9 Å². The van der Waals surface area contributed by atoms with Gasteiger partial charge in [0.25, 0.3) is 0 Å². The van der Waals surface area contributed by atoms with Gasteiger partial charge in [-0.2, -0.15) is 0 Å². The van der Waals surface area contributed by atoms with E-state index in [-0.39, 0.29) is 11.9 Å². The van der Waals surface area contributed by atoms with Gasteiger partial charge < -0.3 is 20.5 Å². The van der Waals surface area contributed by atoms with Crippen molar-refractivity contribution < 1.29 is 14.3 Å². The van der Waals surface area contributed by atoms with Crippen LogP contribution in [-0.2, 0) is 4.79 Å². The standard InChI is InChI=1S/C18H30N2O3/c1-7-18(8-2,11-19)17(21)20-13(4)14-10-16(23-6)15(22-5)9-12(14)3/h9-10,13H,7-8,11,19H2,1-6H3,(H,20,21). The van der Waals surface area contributed by atoms with Gasteiger partial charge in [0, 0.05) is 6.54 Å². The van der Waals surface area contributed by atoms with Crippen LogP contribution < -0.4 is 20.5 Å². The Bertz CT molecular complexity index is 531. The molecule has 5 nitrogen and oxygen atoms in total. The first-order chi connectivity index (χ1) is 10.9. The maximum absolute atomic E-state index is 12.7. The number of methoxy groups -OCH3 is 2. The number of rotatable bonds is 8. The molecule has 5 heteroatoms. The van der Waals surface area contributed by atoms with E-state index in [0.717, 1.165) is 24.0 Å². The minimum Gasteiger partial charge on any atom is -0.493 e. The van der Waals surface area contributed by atoms with E-state index in [1.54, 1.807) is 14.2 Å². The first-order valence-electron chi connectivity index (χ1n) is 8.12. The Hall–Kier alpha value is -1.75. The summed E-state index contributed by atoms with van der Waals surface area (Å²) < 4.78 is 10.7. The average Bonchev–Trinajstić information content (AvgIpc) is 2.56. The van der Waals surface area contributed by atoms with Crippen molar-refractivity contribution in [2.24, 2.45) is 11.1 Å². The molecule has 1 aromatic rings. The molecule has 130 valence electrons. The number of hydrogen-bond donors (Lipinski definition) is 2. The normalized spacial score (nSPS) is 12.7. The van der Waals surface area contributed by atoms with Crippen molar-refractivity contribution in [1.29, 1.82) is 0 Å². The molecule has 1 rings (SSSR count). The van der Waals surface area contributed by atoms with E-state index in [2.05, 4.69) is 5.32 Å². The van der Waals surface area contributed by atoms with E-state index < -0.39 is 5.41 Å². The molecule has 0 heterocycles. The molecule has 1 atom stereocenters. The largest absolute Gasteiger partial charge is 0.493 e. The van der Waals surface area contributed by atoms with Crippen molar-refractivity contribution >= 4 is 5.91 Å². The molecule has 0 fully saturated rings. The van der Waals surface area contributed by atoms with Gasteiger partial charge in [-0.15, -0.1) is 0 Å². The zero-order valence-electron chi connectivity index (χ0n) is 15.2. The van der Waals surface area contributed by atoms with Gasteiger partial charge >= 0.3 is 0 Å². The summed E-state index contributed by atoms with van der Waals surface area (Å²) in [5.41, 5.74) is 7.41. The van der Waals surface area contributed by atoms with Gasteiger partial charge in [-0.1, -0.05) is 13.8 Å². The molecule has 0 aliphatic rings. The number of hydrogen-bond acceptors (Lipinski definition) is 4. The number of carbonyl (C=O) groups is 1. The second-order valence-electron chi connectivity index (χ2n) is 5.95. The van der Waals surface area contributed by atoms with Gasteiger partial charge in [0.05, 0.1) is 25.7 Å². The average molecular weight is 322 g/mol. The Morgan fingerprint density at radius 2 is 1.74 bits per heavy atom. The SMILES string of the molecule is CCC(CC)(CN)C(=O)NC(C)c1cc(OC)c(OC)cc1C. The molecule has 0 aliphatic heterocycles. The zero-order valence-corrected chi connectivity index (χ0v) is 15.2. The molecule has 0 saturated heterocycles. The van der Waals surface area contributed by atoms with Gasteiger partial charge in [0.1, 0.15) is 0 Å². The minimum absolute atomic E-state index is 0.00619. The second kappa shape index (κ2) is 8.20. The Balaban J connectivity index is 3.06. The Morgan fingerprint density at radius 3 is 2.17 bits per heavy atom. The van der Waals surface area contributed by atoms with Crippen LogP contribution in [0.2, 0.25) is 0 Å². The van der Waals surface area contributed by atoms with Crippen molar-refractivity contribution in [3.05, 3.63) is 23.3 Å². The molecule has 0 radical (unpaired) electrons. The fourth-order valence-corrected chi connectivity index (χ4v) is 2.84. The maximum atomic E-state index is 12.7. The molecule has 3 N–H and O–H groups in total. The molecular weight excluding hydrogens is 292 g/mol. The molecular formula is C18H30N2O3. The summed E-state index contributed by atoms with van der Waals surface area (Å²) >= 11 is 0. The Morgan fingerprint density at radius 1 is 1.22 bits per heavy atom. The highest BCUT2D eigenvalue weighted by Gasteiger charge is 2.34. The summed E-state index contributed by atoms with van der Waals surface area (Å²) in [6.07, 6.45) is 1.45. The molecule has 0 saturated carbocycles. The lowest BCUT2D eigenvalue weighted by Crippen LogP contribution is -2.46. The van der Waals surface area contributed by atoms with Gasteiger partial charge in [-0.3, -0.25) is 4.79 Å². The van der Waals surface area contributed by atoms with E-state index in [4.69, 9.17) is 15.2 Å². The fourth-order valence-electron chi connectivity index (χ4n) is 2.84. The van der Waals surface area contributed by atoms with Gasteiger partial charge in [0.2, 0.25) is 5.91 Å². The topological polar surface area (TPSA) is 73.6 Å². The lowest BCUT2D eigenvalue weighted by Gasteiger charge is -2.30. The summed E-state index contributed by atoms with van der Waals surface area (Å²) in [6, 6.07) is 3.71. The van der Waals surface area contributed by atoms with Gasteiger partial charge in [0.15, 0.2) is 11.5 Å². The third kappa shape index (κ3) is 3.96. The van der Waals surface area contributed by atoms with Crippen molar-refractivity contribution in [2.75, 3.05) is 20.8 Å². The third-order valence-electron chi connectivity index (χ3n) is 4.81. The molecule has 0 bridgehead atoms. The summed E-state index contributed by atoms with van der Waals surface area (Å²) in [4.78, 5) is 12.7. The number of aryl methyl sites for hydroxylation is 1. The molecule has 1 aromatic carbocycles. The highest BCUT2D eigenvalue weighted by molar-refractivity contribution is 5.83. The smallest absolute Gasteiger partial charge is 0.227 e. The number of nitrogens with two attached hydrogens (primary N) is 1. The summed E-state index contributed by atoms with van der Waals surface area (Å²) in [5.74, 6) is 1.35. The first kappa shape index (κ1) is 19.3. The lowest BCUT2D eigenvalue weighted by molar-refractivity contribution is -0.131. The van der Waals surface area contributed by atoms with Gasteiger partial charge in [-0.25, -0.2) is 0 Å². The first-order valence-corrected chi connectivity index (χ1v) is 8.12. The number of nitrogens with one attached hydrogen (secondary N) is 1. The van der Waals surface area contributed by atoms with Crippen LogP contribution in [-0.4, -0.2) is 26.7 Å². The van der Waals surface area contributed by atoms with E-state index in [9.17, 15) is 4.79 Å². The number of carbonyl (C=O) groups excluding carboxylic acids is 1. The predicted molar refractivity (Wildman–Crippen MR) is 92.9 cm³/mol. The number of amides is 1. The summed E-state index contributed by atoms with van der Waals surface area (Å²) in [6.45, 7) is 8.32. The molecule has 0 aliphatic carbocycles. The highest BCUT2D eigenvalue weighted by Crippen LogP contribution is 2.33. The van der Waals surface area contributed by atoms with Crippen LogP contribution in [0.4, 0.5) is 0 Å². The van der Waals surface area contributed by atoms with Crippen molar-refractivity contribution in [2.45, 2.75) is 46.6 Å². The number of ether oxygens (including phenoxy) is 2. The Labute approximate surface area is 139 Å². The molecule has 0 spiro atoms. The van der Waals surface area contributed by atoms with E-state index in [1.165, 1.54) is 0 Å². The van der Waals surface area contributed by atoms with Crippen LogP contribution in [0, 0.1) is 12.3 Å². The molecule has 1 amide bonds. The summed E-state index contributed by atoms with van der Waals surface area (Å²) in [5, 5.41) is 3.10. The van der Waals surface area contributed by atoms with Crippen molar-refractivity contribution in [3.8, 4) is 11.5 Å². The highest BCUT2D eigenvalue weighted by atomic mass is 16.5. The summed E-state index contributed by atoms with van der Waals surface area (Å²) in [7, 11) is 3.22. The Kier molecular flexibility index (Phi) is 6.88. The molecule has 0 aromatic heterocycles. The molecule has 1 unspecified atom stereocenters. The fraction of sp³-hybridized carbons (Fsp3) is 0.611. The van der Waals surface area contributed by atoms with Crippen LogP contribution in [0.25, 0.3) is 0 Å². The predicted octanol–water partition coefficient (Wildman–Crippen LogP) is 2.95. The monoisotopic (exact) mass is 322 g/mol. The van der Waals surface area contributed by atoms with Crippen LogP contribution in [0.3, 0.4) is 0 Å². The number of benzene rings is 1. The zero-order chi connectivity index (χ0) is 17.6. The van der Waals surface area contributed by atoms with E-state index in [1.807, 2.05) is 39.8 Å². The van der Waals surface area contributed by atoms with Crippen LogP contribution >= 0.6 is 0 Å². The van der Waals surface area contributed by atoms with Crippen LogP contribution in [0.15, 0.2) is 12.1 Å². The second-order valence-corrected chi connectivity index (χ2v) is 5.95. The van der Waals surface area contributed by atoms with E-state index in [0.29, 0.717) is 18.0 Å². The lowest BCUT2D eigenvalue weighted by atomic mass is 9.81. The molecule has 23 heavy (non-hydrogen) atoms. The quantitative estimate of drug-likeness (QED) is 0.772.